The fourth-order valence-electron chi connectivity index (χ4n) is 7.08. The fourth-order valence-corrected chi connectivity index (χ4v) is 7.08. The Labute approximate surface area is 230 Å². The molecule has 1 aliphatic heterocycles. The van der Waals surface area contributed by atoms with Crippen LogP contribution in [0.5, 0.6) is 5.75 Å². The number of phenolic OH excluding ortho intramolecular Hbond substituents is 1. The molecule has 6 nitrogen and oxygen atoms in total. The van der Waals surface area contributed by atoms with Gasteiger partial charge in [0.15, 0.2) is 5.92 Å². The Balaban J connectivity index is 2.92. The molecule has 0 bridgehead atoms. The van der Waals surface area contributed by atoms with Gasteiger partial charge < -0.3 is 15.3 Å². The van der Waals surface area contributed by atoms with Crippen LogP contribution < -0.4 is 0 Å². The number of nitrogens with zero attached hydrogens (tertiary/aromatic N) is 1. The number of carboxylic acid groups (broad SMARTS) is 2. The van der Waals surface area contributed by atoms with Crippen LogP contribution >= 0.6 is 0 Å². The van der Waals surface area contributed by atoms with E-state index < -0.39 is 23.3 Å². The Morgan fingerprint density at radius 2 is 1.32 bits per heavy atom. The molecule has 2 rings (SSSR count). The molecule has 0 spiro atoms. The molecule has 0 saturated carbocycles. The second-order valence-corrected chi connectivity index (χ2v) is 15.1. The van der Waals surface area contributed by atoms with E-state index in [9.17, 15) is 24.9 Å². The lowest BCUT2D eigenvalue weighted by Gasteiger charge is -2.58. The van der Waals surface area contributed by atoms with Crippen LogP contribution in [0.4, 0.5) is 0 Å². The summed E-state index contributed by atoms with van der Waals surface area (Å²) in [5.41, 5.74) is 0.364. The molecule has 216 valence electrons. The first-order valence-corrected chi connectivity index (χ1v) is 14.1. The van der Waals surface area contributed by atoms with Crippen LogP contribution in [0, 0.1) is 17.3 Å². The van der Waals surface area contributed by atoms with Crippen LogP contribution in [0.25, 0.3) is 0 Å². The summed E-state index contributed by atoms with van der Waals surface area (Å²) in [5.74, 6) is -3.93. The molecule has 1 aromatic carbocycles. The number of rotatable bonds is 8. The third-order valence-electron chi connectivity index (χ3n) is 9.22. The minimum absolute atomic E-state index is 0.120. The van der Waals surface area contributed by atoms with Gasteiger partial charge in [-0.1, -0.05) is 67.0 Å². The van der Waals surface area contributed by atoms with E-state index >= 15 is 0 Å². The molecule has 6 heteroatoms. The van der Waals surface area contributed by atoms with Crippen LogP contribution in [-0.2, 0) is 26.8 Å². The predicted molar refractivity (Wildman–Crippen MR) is 154 cm³/mol. The number of aliphatic carboxylic acids is 2. The highest BCUT2D eigenvalue weighted by Crippen LogP contribution is 2.55. The summed E-state index contributed by atoms with van der Waals surface area (Å²) in [6.45, 7) is 23.0. The first-order chi connectivity index (χ1) is 17.0. The fraction of sp³-hybridized carbons (Fsp3) is 0.750. The van der Waals surface area contributed by atoms with E-state index in [1.807, 2.05) is 19.1 Å². The van der Waals surface area contributed by atoms with E-state index in [2.05, 4.69) is 81.2 Å². The number of carbonyl (C=O) groups is 2. The molecule has 1 aliphatic rings. The number of phenols is 1. The lowest BCUT2D eigenvalue weighted by molar-refractivity contribution is -0.169. The molecule has 0 aromatic heterocycles. The largest absolute Gasteiger partial charge is 0.507 e. The number of aromatic hydroxyl groups is 1. The summed E-state index contributed by atoms with van der Waals surface area (Å²) in [7, 11) is 2.11. The SMILES string of the molecule is CCCC(Cc1cc(C(C)(C)C)c(O)c(C(C)(C)C)c1)(C1CC(C)(C)N(C)C(C)(C)C1)C(C(=O)O)C(=O)O. The second kappa shape index (κ2) is 10.5. The molecule has 3 N–H and O–H groups in total. The van der Waals surface area contributed by atoms with Crippen LogP contribution in [0.1, 0.15) is 119 Å². The lowest BCUT2D eigenvalue weighted by atomic mass is 9.54. The van der Waals surface area contributed by atoms with E-state index in [0.717, 1.165) is 16.7 Å². The Morgan fingerprint density at radius 3 is 1.63 bits per heavy atom. The summed E-state index contributed by atoms with van der Waals surface area (Å²) >= 11 is 0. The number of piperidine rings is 1. The summed E-state index contributed by atoms with van der Waals surface area (Å²) in [5, 5.41) is 32.1. The van der Waals surface area contributed by atoms with E-state index in [-0.39, 0.29) is 33.6 Å². The molecule has 1 aromatic rings. The van der Waals surface area contributed by atoms with Crippen molar-refractivity contribution in [3.63, 3.8) is 0 Å². The van der Waals surface area contributed by atoms with Crippen molar-refractivity contribution >= 4 is 11.9 Å². The van der Waals surface area contributed by atoms with Gasteiger partial charge in [-0.2, -0.15) is 0 Å². The van der Waals surface area contributed by atoms with E-state index in [4.69, 9.17) is 0 Å². The summed E-state index contributed by atoms with van der Waals surface area (Å²) in [4.78, 5) is 27.9. The van der Waals surface area contributed by atoms with Gasteiger partial charge in [0.1, 0.15) is 5.75 Å². The predicted octanol–water partition coefficient (Wildman–Crippen LogP) is 7.00. The Kier molecular flexibility index (Phi) is 8.86. The highest BCUT2D eigenvalue weighted by Gasteiger charge is 2.57. The first-order valence-electron chi connectivity index (χ1n) is 14.1. The van der Waals surface area contributed by atoms with Gasteiger partial charge in [0.2, 0.25) is 0 Å². The maximum absolute atomic E-state index is 12.8. The maximum atomic E-state index is 12.8. The molecule has 0 amide bonds. The Morgan fingerprint density at radius 1 is 0.921 bits per heavy atom. The number of carboxylic acids is 2. The molecule has 1 atom stereocenters. The zero-order valence-electron chi connectivity index (χ0n) is 26.0. The molecule has 1 heterocycles. The van der Waals surface area contributed by atoms with Gasteiger partial charge in [0, 0.05) is 16.5 Å². The number of hydrogen-bond donors (Lipinski definition) is 3. The van der Waals surface area contributed by atoms with Gasteiger partial charge in [-0.05, 0) is 93.9 Å². The Hall–Kier alpha value is -2.08. The van der Waals surface area contributed by atoms with Gasteiger partial charge >= 0.3 is 11.9 Å². The summed E-state index contributed by atoms with van der Waals surface area (Å²) in [6.07, 6.45) is 2.92. The zero-order valence-corrected chi connectivity index (χ0v) is 26.0. The minimum Gasteiger partial charge on any atom is -0.507 e. The third-order valence-corrected chi connectivity index (χ3v) is 9.22. The van der Waals surface area contributed by atoms with Crippen molar-refractivity contribution in [3.05, 3.63) is 28.8 Å². The van der Waals surface area contributed by atoms with E-state index in [1.54, 1.807) is 0 Å². The topological polar surface area (TPSA) is 98.1 Å². The lowest BCUT2D eigenvalue weighted by Crippen LogP contribution is -2.62. The molecular formula is C32H53NO5. The smallest absolute Gasteiger partial charge is 0.318 e. The van der Waals surface area contributed by atoms with Gasteiger partial charge in [-0.15, -0.1) is 0 Å². The van der Waals surface area contributed by atoms with Crippen LogP contribution in [0.2, 0.25) is 0 Å². The highest BCUT2D eigenvalue weighted by molar-refractivity contribution is 5.94. The normalized spacial score (nSPS) is 20.3. The van der Waals surface area contributed by atoms with E-state index in [0.29, 0.717) is 32.1 Å². The Bertz CT molecular complexity index is 976. The van der Waals surface area contributed by atoms with Crippen molar-refractivity contribution in [2.45, 2.75) is 130 Å². The number of likely N-dealkylation sites (tertiary alicyclic amines) is 1. The average molecular weight is 532 g/mol. The van der Waals surface area contributed by atoms with Crippen LogP contribution in [0.3, 0.4) is 0 Å². The quantitative estimate of drug-likeness (QED) is 0.312. The van der Waals surface area contributed by atoms with Gasteiger partial charge in [0.05, 0.1) is 0 Å². The summed E-state index contributed by atoms with van der Waals surface area (Å²) in [6, 6.07) is 3.97. The van der Waals surface area contributed by atoms with Crippen LogP contribution in [-0.4, -0.2) is 50.3 Å². The molecule has 1 fully saturated rings. The van der Waals surface area contributed by atoms with Gasteiger partial charge in [-0.3, -0.25) is 14.5 Å². The summed E-state index contributed by atoms with van der Waals surface area (Å²) < 4.78 is 0. The second-order valence-electron chi connectivity index (χ2n) is 15.1. The van der Waals surface area contributed by atoms with Gasteiger partial charge in [0.25, 0.3) is 0 Å². The maximum Gasteiger partial charge on any atom is 0.318 e. The number of benzene rings is 1. The third kappa shape index (κ3) is 6.21. The standard InChI is InChI=1S/C32H53NO5/c1-13-14-32(24(26(35)36)27(37)38,21-18-30(8,9)33(12)31(10,11)19-21)17-20-15-22(28(2,3)4)25(34)23(16-20)29(5,6)7/h15-16,21,24,34H,13-14,17-19H2,1-12H3,(H,35,36)(H,37,38). The molecule has 0 aliphatic carbocycles. The molecular weight excluding hydrogens is 478 g/mol. The van der Waals surface area contributed by atoms with Crippen molar-refractivity contribution in [2.24, 2.45) is 17.3 Å². The van der Waals surface area contributed by atoms with E-state index in [1.165, 1.54) is 0 Å². The first kappa shape index (κ1) is 32.1. The number of hydrogen-bond acceptors (Lipinski definition) is 4. The van der Waals surface area contributed by atoms with Crippen molar-refractivity contribution in [1.29, 1.82) is 0 Å². The molecule has 1 unspecified atom stereocenters. The van der Waals surface area contributed by atoms with Crippen molar-refractivity contribution in [1.82, 2.24) is 4.90 Å². The highest BCUT2D eigenvalue weighted by atomic mass is 16.4. The molecule has 38 heavy (non-hydrogen) atoms. The van der Waals surface area contributed by atoms with Gasteiger partial charge in [-0.25, -0.2) is 0 Å². The van der Waals surface area contributed by atoms with Crippen molar-refractivity contribution < 1.29 is 24.9 Å². The van der Waals surface area contributed by atoms with Crippen molar-refractivity contribution in [2.75, 3.05) is 7.05 Å². The molecule has 1 saturated heterocycles. The minimum atomic E-state index is -1.53. The monoisotopic (exact) mass is 531 g/mol. The average Bonchev–Trinajstić information content (AvgIpc) is 2.70. The van der Waals surface area contributed by atoms with Crippen molar-refractivity contribution in [3.8, 4) is 5.75 Å². The molecule has 0 radical (unpaired) electrons. The van der Waals surface area contributed by atoms with Crippen LogP contribution in [0.15, 0.2) is 12.1 Å². The zero-order chi connectivity index (χ0) is 29.6.